The van der Waals surface area contributed by atoms with Crippen LogP contribution in [0.1, 0.15) is 91.8 Å². The Bertz CT molecular complexity index is 545. The molecule has 0 aromatic heterocycles. The van der Waals surface area contributed by atoms with E-state index in [1.54, 1.807) is 18.2 Å². The highest BCUT2D eigenvalue weighted by atomic mass is 35.5. The van der Waals surface area contributed by atoms with Crippen LogP contribution in [0.15, 0.2) is 24.3 Å². The van der Waals surface area contributed by atoms with E-state index in [1.807, 2.05) is 6.92 Å². The standard InChI is InChI=1S/C22H33ClO4/c1-2-3-16-26-21(24)19-13-12-14-20(18-19)22(25)27-17-11-9-7-5-4-6-8-10-15-23/h12-14,18H,2-11,15-17H2,1H3. The third-order valence-corrected chi connectivity index (χ3v) is 4.59. The van der Waals surface area contributed by atoms with Gasteiger partial charge in [-0.2, -0.15) is 0 Å². The van der Waals surface area contributed by atoms with Crippen molar-refractivity contribution in [1.29, 1.82) is 0 Å². The minimum atomic E-state index is -0.399. The van der Waals surface area contributed by atoms with Gasteiger partial charge in [-0.05, 0) is 37.5 Å². The molecule has 0 fully saturated rings. The van der Waals surface area contributed by atoms with Gasteiger partial charge in [-0.25, -0.2) is 9.59 Å². The smallest absolute Gasteiger partial charge is 0.338 e. The number of halogens is 1. The monoisotopic (exact) mass is 396 g/mol. The quantitative estimate of drug-likeness (QED) is 0.202. The number of alkyl halides is 1. The molecule has 0 aliphatic rings. The lowest BCUT2D eigenvalue weighted by Gasteiger charge is -2.07. The summed E-state index contributed by atoms with van der Waals surface area (Å²) in [7, 11) is 0. The normalized spacial score (nSPS) is 10.6. The Labute approximate surface area is 168 Å². The summed E-state index contributed by atoms with van der Waals surface area (Å²) in [4.78, 5) is 24.1. The number of unbranched alkanes of at least 4 members (excludes halogenated alkanes) is 8. The van der Waals surface area contributed by atoms with Crippen molar-refractivity contribution in [2.24, 2.45) is 0 Å². The fraction of sp³-hybridized carbons (Fsp3) is 0.636. The largest absolute Gasteiger partial charge is 0.462 e. The molecule has 0 bridgehead atoms. The Morgan fingerprint density at radius 2 is 1.26 bits per heavy atom. The number of hydrogen-bond acceptors (Lipinski definition) is 4. The number of carbonyl (C=O) groups is 2. The summed E-state index contributed by atoms with van der Waals surface area (Å²) in [5.41, 5.74) is 0.772. The van der Waals surface area contributed by atoms with Gasteiger partial charge in [-0.15, -0.1) is 11.6 Å². The first kappa shape index (κ1) is 23.5. The van der Waals surface area contributed by atoms with Crippen LogP contribution >= 0.6 is 11.6 Å². The molecule has 4 nitrogen and oxygen atoms in total. The Morgan fingerprint density at radius 3 is 1.78 bits per heavy atom. The second kappa shape index (κ2) is 15.5. The van der Waals surface area contributed by atoms with Gasteiger partial charge in [0.2, 0.25) is 0 Å². The van der Waals surface area contributed by atoms with Gasteiger partial charge in [0.25, 0.3) is 0 Å². The van der Waals surface area contributed by atoms with Crippen LogP contribution in [0.3, 0.4) is 0 Å². The number of hydrogen-bond donors (Lipinski definition) is 0. The van der Waals surface area contributed by atoms with Gasteiger partial charge in [0.1, 0.15) is 0 Å². The van der Waals surface area contributed by atoms with E-state index < -0.39 is 5.97 Å². The molecule has 0 aliphatic carbocycles. The van der Waals surface area contributed by atoms with Crippen molar-refractivity contribution in [3.8, 4) is 0 Å². The van der Waals surface area contributed by atoms with Crippen molar-refractivity contribution in [3.63, 3.8) is 0 Å². The van der Waals surface area contributed by atoms with Crippen molar-refractivity contribution < 1.29 is 19.1 Å². The predicted octanol–water partition coefficient (Wildman–Crippen LogP) is 6.16. The maximum Gasteiger partial charge on any atom is 0.338 e. The van der Waals surface area contributed by atoms with Gasteiger partial charge in [0.15, 0.2) is 0 Å². The molecule has 0 radical (unpaired) electrons. The number of carbonyl (C=O) groups excluding carboxylic acids is 2. The first-order valence-corrected chi connectivity index (χ1v) is 10.7. The molecule has 0 saturated carbocycles. The van der Waals surface area contributed by atoms with Crippen molar-refractivity contribution in [1.82, 2.24) is 0 Å². The molecule has 0 saturated heterocycles. The molecule has 1 rings (SSSR count). The van der Waals surface area contributed by atoms with Crippen LogP contribution in [0.25, 0.3) is 0 Å². The molecule has 0 N–H and O–H groups in total. The van der Waals surface area contributed by atoms with E-state index in [0.29, 0.717) is 24.3 Å². The zero-order valence-corrected chi connectivity index (χ0v) is 17.3. The van der Waals surface area contributed by atoms with E-state index in [4.69, 9.17) is 21.1 Å². The first-order valence-electron chi connectivity index (χ1n) is 10.2. The number of rotatable bonds is 15. The van der Waals surface area contributed by atoms with Crippen LogP contribution in [0.4, 0.5) is 0 Å². The molecule has 0 heterocycles. The van der Waals surface area contributed by atoms with Gasteiger partial charge in [-0.1, -0.05) is 57.9 Å². The highest BCUT2D eigenvalue weighted by Gasteiger charge is 2.12. The van der Waals surface area contributed by atoms with E-state index in [0.717, 1.165) is 44.4 Å². The Kier molecular flexibility index (Phi) is 13.5. The zero-order valence-electron chi connectivity index (χ0n) is 16.5. The van der Waals surface area contributed by atoms with Crippen LogP contribution in [0.5, 0.6) is 0 Å². The third-order valence-electron chi connectivity index (χ3n) is 4.33. The average Bonchev–Trinajstić information content (AvgIpc) is 2.69. The van der Waals surface area contributed by atoms with Crippen molar-refractivity contribution in [3.05, 3.63) is 35.4 Å². The molecule has 5 heteroatoms. The lowest BCUT2D eigenvalue weighted by atomic mass is 10.1. The second-order valence-electron chi connectivity index (χ2n) is 6.72. The molecule has 1 aromatic rings. The molecule has 1 aromatic carbocycles. The van der Waals surface area contributed by atoms with E-state index in [1.165, 1.54) is 31.7 Å². The lowest BCUT2D eigenvalue weighted by molar-refractivity contribution is 0.0497. The number of ether oxygens (including phenoxy) is 2. The molecule has 0 amide bonds. The van der Waals surface area contributed by atoms with Gasteiger partial charge in [0.05, 0.1) is 24.3 Å². The van der Waals surface area contributed by atoms with Gasteiger partial charge >= 0.3 is 11.9 Å². The highest BCUT2D eigenvalue weighted by Crippen LogP contribution is 2.11. The Balaban J connectivity index is 2.21. The molecule has 0 spiro atoms. The maximum absolute atomic E-state index is 12.1. The Morgan fingerprint density at radius 1 is 0.778 bits per heavy atom. The summed E-state index contributed by atoms with van der Waals surface area (Å²) in [6, 6.07) is 6.53. The van der Waals surface area contributed by atoms with Gasteiger partial charge < -0.3 is 9.47 Å². The topological polar surface area (TPSA) is 52.6 Å². The van der Waals surface area contributed by atoms with Crippen molar-refractivity contribution in [2.45, 2.75) is 71.1 Å². The van der Waals surface area contributed by atoms with E-state index in [9.17, 15) is 9.59 Å². The van der Waals surface area contributed by atoms with E-state index in [2.05, 4.69) is 0 Å². The van der Waals surface area contributed by atoms with Crippen molar-refractivity contribution >= 4 is 23.5 Å². The molecule has 0 aliphatic heterocycles. The first-order chi connectivity index (χ1) is 13.2. The van der Waals surface area contributed by atoms with Gasteiger partial charge in [0, 0.05) is 5.88 Å². The van der Waals surface area contributed by atoms with Crippen LogP contribution in [-0.4, -0.2) is 31.0 Å². The maximum atomic E-state index is 12.1. The van der Waals surface area contributed by atoms with E-state index in [-0.39, 0.29) is 5.97 Å². The number of esters is 2. The molecule has 0 atom stereocenters. The van der Waals surface area contributed by atoms with E-state index >= 15 is 0 Å². The minimum Gasteiger partial charge on any atom is -0.462 e. The fourth-order valence-electron chi connectivity index (χ4n) is 2.67. The third kappa shape index (κ3) is 11.0. The number of benzene rings is 1. The zero-order chi connectivity index (χ0) is 19.7. The Hall–Kier alpha value is -1.55. The predicted molar refractivity (Wildman–Crippen MR) is 110 cm³/mol. The minimum absolute atomic E-state index is 0.384. The van der Waals surface area contributed by atoms with Crippen LogP contribution in [-0.2, 0) is 9.47 Å². The summed E-state index contributed by atoms with van der Waals surface area (Å²) < 4.78 is 10.5. The fourth-order valence-corrected chi connectivity index (χ4v) is 2.86. The van der Waals surface area contributed by atoms with Crippen LogP contribution < -0.4 is 0 Å². The molecule has 152 valence electrons. The summed E-state index contributed by atoms with van der Waals surface area (Å²) >= 11 is 5.65. The van der Waals surface area contributed by atoms with Crippen LogP contribution in [0, 0.1) is 0 Å². The summed E-state index contributed by atoms with van der Waals surface area (Å²) in [5, 5.41) is 0. The average molecular weight is 397 g/mol. The summed E-state index contributed by atoms with van der Waals surface area (Å²) in [5.74, 6) is -0.0302. The highest BCUT2D eigenvalue weighted by molar-refractivity contribution is 6.17. The lowest BCUT2D eigenvalue weighted by Crippen LogP contribution is -2.10. The van der Waals surface area contributed by atoms with Crippen molar-refractivity contribution in [2.75, 3.05) is 19.1 Å². The SMILES string of the molecule is CCCCOC(=O)c1cccc(C(=O)OCCCCCCCCCCCl)c1. The summed E-state index contributed by atoms with van der Waals surface area (Å²) in [6.45, 7) is 2.85. The second-order valence-corrected chi connectivity index (χ2v) is 7.10. The molecule has 0 unspecified atom stereocenters. The molecular weight excluding hydrogens is 364 g/mol. The molecular formula is C22H33ClO4. The van der Waals surface area contributed by atoms with Crippen LogP contribution in [0.2, 0.25) is 0 Å². The van der Waals surface area contributed by atoms with Gasteiger partial charge in [-0.3, -0.25) is 0 Å². The molecule has 27 heavy (non-hydrogen) atoms. The summed E-state index contributed by atoms with van der Waals surface area (Å²) in [6.07, 6.45) is 10.9.